The van der Waals surface area contributed by atoms with E-state index in [4.69, 9.17) is 0 Å². The molecule has 2 aliphatic rings. The monoisotopic (exact) mass is 451 g/mol. The topological polar surface area (TPSA) is 90.0 Å². The second-order valence-electron chi connectivity index (χ2n) is 10.6. The van der Waals surface area contributed by atoms with Crippen molar-refractivity contribution < 1.29 is 19.5 Å². The summed E-state index contributed by atoms with van der Waals surface area (Å²) < 4.78 is 0. The lowest BCUT2D eigenvalue weighted by atomic mass is 9.81. The molecule has 0 bridgehead atoms. The van der Waals surface area contributed by atoms with Gasteiger partial charge in [0.15, 0.2) is 0 Å². The quantitative estimate of drug-likeness (QED) is 0.530. The highest BCUT2D eigenvalue weighted by molar-refractivity contribution is 5.92. The van der Waals surface area contributed by atoms with Crippen LogP contribution in [0.25, 0.3) is 0 Å². The molecule has 0 aliphatic heterocycles. The maximum Gasteiger partial charge on any atom is 0.326 e. The van der Waals surface area contributed by atoms with E-state index < -0.39 is 18.1 Å². The predicted octanol–water partition coefficient (Wildman–Crippen LogP) is 3.52. The summed E-state index contributed by atoms with van der Waals surface area (Å²) in [6.45, 7) is 3.92. The number of amides is 2. The Morgan fingerprint density at radius 1 is 0.875 bits per heavy atom. The lowest BCUT2D eigenvalue weighted by Crippen LogP contribution is -2.59. The molecular weight excluding hydrogens is 406 g/mol. The molecule has 32 heavy (non-hydrogen) atoms. The predicted molar refractivity (Wildman–Crippen MR) is 126 cm³/mol. The van der Waals surface area contributed by atoms with E-state index in [-0.39, 0.29) is 29.7 Å². The van der Waals surface area contributed by atoms with Gasteiger partial charge in [0, 0.05) is 7.05 Å². The highest BCUT2D eigenvalue weighted by atomic mass is 16.4. The van der Waals surface area contributed by atoms with Crippen LogP contribution in [0, 0.1) is 17.8 Å². The largest absolute Gasteiger partial charge is 0.480 e. The summed E-state index contributed by atoms with van der Waals surface area (Å²) in [5.74, 6) is -0.832. The average molecular weight is 452 g/mol. The number of carboxylic acid groups (broad SMARTS) is 1. The van der Waals surface area contributed by atoms with Crippen LogP contribution in [0.15, 0.2) is 0 Å². The number of aliphatic carboxylic acids is 1. The molecule has 0 aromatic rings. The van der Waals surface area contributed by atoms with Crippen molar-refractivity contribution in [2.75, 3.05) is 21.1 Å². The van der Waals surface area contributed by atoms with E-state index >= 15 is 0 Å². The van der Waals surface area contributed by atoms with Crippen LogP contribution in [-0.2, 0) is 14.4 Å². The standard InChI is InChI=1S/C25H45N3O4/c1-17(2)16-20(25(31)32)28(5)24(30)21(18-12-8-6-9-13-18)26-23(29)22(27(3)4)19-14-10-7-11-15-19/h17-22H,6-16H2,1-5H3,(H,26,29)(H,31,32)/t20-,21-,22-/m1/s1. The third-order valence-electron chi connectivity index (χ3n) is 7.40. The number of carbonyl (C=O) groups is 3. The van der Waals surface area contributed by atoms with Gasteiger partial charge in [-0.15, -0.1) is 0 Å². The van der Waals surface area contributed by atoms with Gasteiger partial charge < -0.3 is 15.3 Å². The average Bonchev–Trinajstić information content (AvgIpc) is 2.75. The normalized spacial score (nSPS) is 21.2. The highest BCUT2D eigenvalue weighted by Gasteiger charge is 2.39. The van der Waals surface area contributed by atoms with Crippen molar-refractivity contribution in [1.29, 1.82) is 0 Å². The molecule has 0 spiro atoms. The van der Waals surface area contributed by atoms with E-state index in [0.29, 0.717) is 12.3 Å². The van der Waals surface area contributed by atoms with Crippen molar-refractivity contribution in [3.8, 4) is 0 Å². The number of hydrogen-bond acceptors (Lipinski definition) is 4. The molecule has 0 aromatic carbocycles. The van der Waals surface area contributed by atoms with E-state index in [1.807, 2.05) is 32.8 Å². The summed E-state index contributed by atoms with van der Waals surface area (Å²) in [7, 11) is 5.45. The zero-order chi connectivity index (χ0) is 23.8. The van der Waals surface area contributed by atoms with Gasteiger partial charge >= 0.3 is 5.97 Å². The lowest BCUT2D eigenvalue weighted by Gasteiger charge is -2.38. The fourth-order valence-electron chi connectivity index (χ4n) is 5.65. The molecule has 0 aromatic heterocycles. The van der Waals surface area contributed by atoms with Gasteiger partial charge in [0.05, 0.1) is 6.04 Å². The Bertz CT molecular complexity index is 625. The minimum Gasteiger partial charge on any atom is -0.480 e. The molecule has 2 amide bonds. The molecule has 0 radical (unpaired) electrons. The van der Waals surface area contributed by atoms with E-state index in [1.54, 1.807) is 7.05 Å². The second kappa shape index (κ2) is 12.6. The van der Waals surface area contributed by atoms with Gasteiger partial charge in [-0.1, -0.05) is 52.4 Å². The summed E-state index contributed by atoms with van der Waals surface area (Å²) in [6.07, 6.45) is 11.0. The van der Waals surface area contributed by atoms with E-state index in [1.165, 1.54) is 11.3 Å². The summed E-state index contributed by atoms with van der Waals surface area (Å²) in [5, 5.41) is 12.9. The van der Waals surface area contributed by atoms with E-state index in [2.05, 4.69) is 5.32 Å². The van der Waals surface area contributed by atoms with Crippen LogP contribution < -0.4 is 5.32 Å². The van der Waals surface area contributed by atoms with Gasteiger partial charge in [-0.3, -0.25) is 14.5 Å². The Morgan fingerprint density at radius 2 is 1.38 bits per heavy atom. The molecular formula is C25H45N3O4. The Morgan fingerprint density at radius 3 is 1.81 bits per heavy atom. The summed E-state index contributed by atoms with van der Waals surface area (Å²) >= 11 is 0. The maximum atomic E-state index is 13.6. The fourth-order valence-corrected chi connectivity index (χ4v) is 5.65. The maximum absolute atomic E-state index is 13.6. The van der Waals surface area contributed by atoms with Gasteiger partial charge in [-0.2, -0.15) is 0 Å². The first kappa shape index (κ1) is 26.6. The van der Waals surface area contributed by atoms with Gasteiger partial charge in [-0.05, 0) is 64.0 Å². The van der Waals surface area contributed by atoms with Crippen molar-refractivity contribution in [3.05, 3.63) is 0 Å². The SMILES string of the molecule is CC(C)C[C@H](C(=O)O)N(C)C(=O)[C@H](NC(=O)[C@@H](C1CCCCC1)N(C)C)C1CCCCC1. The molecule has 0 heterocycles. The zero-order valence-electron chi connectivity index (χ0n) is 20.8. The van der Waals surface area contributed by atoms with Crippen LogP contribution >= 0.6 is 0 Å². The molecule has 3 atom stereocenters. The number of likely N-dealkylation sites (N-methyl/N-ethyl adjacent to an activating group) is 2. The van der Waals surface area contributed by atoms with Crippen LogP contribution in [0.1, 0.15) is 84.5 Å². The Hall–Kier alpha value is -1.63. The summed E-state index contributed by atoms with van der Waals surface area (Å²) in [6, 6.07) is -1.80. The molecule has 2 rings (SSSR count). The van der Waals surface area contributed by atoms with Crippen molar-refractivity contribution in [2.24, 2.45) is 17.8 Å². The molecule has 2 aliphatic carbocycles. The molecule has 2 N–H and O–H groups in total. The Kier molecular flexibility index (Phi) is 10.5. The van der Waals surface area contributed by atoms with Gasteiger partial charge in [0.1, 0.15) is 12.1 Å². The molecule has 2 fully saturated rings. The lowest BCUT2D eigenvalue weighted by molar-refractivity contribution is -0.152. The highest BCUT2D eigenvalue weighted by Crippen LogP contribution is 2.31. The molecule has 184 valence electrons. The van der Waals surface area contributed by atoms with Crippen molar-refractivity contribution in [2.45, 2.75) is 103 Å². The van der Waals surface area contributed by atoms with Crippen molar-refractivity contribution in [1.82, 2.24) is 15.1 Å². The first-order chi connectivity index (χ1) is 15.1. The third-order valence-corrected chi connectivity index (χ3v) is 7.40. The third kappa shape index (κ3) is 7.19. The zero-order valence-corrected chi connectivity index (χ0v) is 20.8. The first-order valence-electron chi connectivity index (χ1n) is 12.6. The molecule has 7 nitrogen and oxygen atoms in total. The summed E-state index contributed by atoms with van der Waals surface area (Å²) in [4.78, 5) is 42.4. The molecule has 0 saturated heterocycles. The second-order valence-corrected chi connectivity index (χ2v) is 10.6. The smallest absolute Gasteiger partial charge is 0.326 e. The van der Waals surface area contributed by atoms with Crippen LogP contribution in [0.3, 0.4) is 0 Å². The number of carboxylic acids is 1. The van der Waals surface area contributed by atoms with Crippen LogP contribution in [-0.4, -0.2) is 72.0 Å². The Balaban J connectivity index is 2.24. The number of rotatable bonds is 10. The molecule has 2 saturated carbocycles. The minimum atomic E-state index is -0.989. The van der Waals surface area contributed by atoms with Crippen LogP contribution in [0.2, 0.25) is 0 Å². The van der Waals surface area contributed by atoms with E-state index in [9.17, 15) is 19.5 Å². The number of carbonyl (C=O) groups excluding carboxylic acids is 2. The number of nitrogens with zero attached hydrogens (tertiary/aromatic N) is 2. The number of hydrogen-bond donors (Lipinski definition) is 2. The molecule has 0 unspecified atom stereocenters. The van der Waals surface area contributed by atoms with Crippen LogP contribution in [0.4, 0.5) is 0 Å². The summed E-state index contributed by atoms with van der Waals surface area (Å²) in [5.41, 5.74) is 0. The Labute approximate surface area is 194 Å². The minimum absolute atomic E-state index is 0.0605. The van der Waals surface area contributed by atoms with Crippen LogP contribution in [0.5, 0.6) is 0 Å². The van der Waals surface area contributed by atoms with Crippen molar-refractivity contribution in [3.63, 3.8) is 0 Å². The van der Waals surface area contributed by atoms with Gasteiger partial charge in [0.2, 0.25) is 11.8 Å². The van der Waals surface area contributed by atoms with Crippen molar-refractivity contribution >= 4 is 17.8 Å². The van der Waals surface area contributed by atoms with E-state index in [0.717, 1.165) is 57.8 Å². The first-order valence-corrected chi connectivity index (χ1v) is 12.6. The van der Waals surface area contributed by atoms with Gasteiger partial charge in [-0.25, -0.2) is 4.79 Å². The number of nitrogens with one attached hydrogen (secondary N) is 1. The van der Waals surface area contributed by atoms with Gasteiger partial charge in [0.25, 0.3) is 0 Å². The molecule has 7 heteroatoms. The fraction of sp³-hybridized carbons (Fsp3) is 0.880.